The van der Waals surface area contributed by atoms with Crippen LogP contribution in [0.25, 0.3) is 27.6 Å². The van der Waals surface area contributed by atoms with Crippen molar-refractivity contribution in [1.82, 2.24) is 24.8 Å². The Balaban J connectivity index is 2.38. The van der Waals surface area contributed by atoms with Crippen molar-refractivity contribution in [1.29, 1.82) is 0 Å². The van der Waals surface area contributed by atoms with E-state index >= 15 is 0 Å². The molecule has 0 aliphatic heterocycles. The minimum absolute atomic E-state index is 0.189. The van der Waals surface area contributed by atoms with Gasteiger partial charge in [-0.1, -0.05) is 29.5 Å². The summed E-state index contributed by atoms with van der Waals surface area (Å²) in [6, 6.07) is 9.67. The maximum absolute atomic E-state index is 12.2. The fourth-order valence-corrected chi connectivity index (χ4v) is 2.14. The summed E-state index contributed by atoms with van der Waals surface area (Å²) in [6.45, 7) is 0. The van der Waals surface area contributed by atoms with E-state index in [-0.39, 0.29) is 5.56 Å². The Morgan fingerprint density at radius 2 is 2.06 bits per heavy atom. The van der Waals surface area contributed by atoms with Crippen molar-refractivity contribution >= 4 is 27.6 Å². The van der Waals surface area contributed by atoms with E-state index in [0.29, 0.717) is 16.8 Å². The number of aromatic nitrogens is 5. The minimum Gasteiger partial charge on any atom is -0.266 e. The van der Waals surface area contributed by atoms with Gasteiger partial charge in [-0.3, -0.25) is 14.3 Å². The average Bonchev–Trinajstić information content (AvgIpc) is 2.87. The number of aromatic amines is 1. The molecule has 0 saturated carbocycles. The quantitative estimate of drug-likeness (QED) is 0.465. The van der Waals surface area contributed by atoms with Crippen molar-refractivity contribution in [2.24, 2.45) is 0 Å². The molecule has 1 aromatic carbocycles. The molecule has 0 spiro atoms. The normalized spacial score (nSPS) is 11.6. The molecule has 0 bridgehead atoms. The molecule has 18 heavy (non-hydrogen) atoms. The van der Waals surface area contributed by atoms with E-state index in [9.17, 15) is 4.79 Å². The Hall–Kier alpha value is -2.76. The van der Waals surface area contributed by atoms with Gasteiger partial charge >= 0.3 is 0 Å². The lowest BCUT2D eigenvalue weighted by molar-refractivity contribution is 0.954. The Morgan fingerprint density at radius 1 is 1.17 bits per heavy atom. The second-order valence-corrected chi connectivity index (χ2v) is 4.02. The third kappa shape index (κ3) is 1.06. The zero-order chi connectivity index (χ0) is 12.1. The van der Waals surface area contributed by atoms with Crippen LogP contribution in [0.15, 0.2) is 41.3 Å². The van der Waals surface area contributed by atoms with Gasteiger partial charge in [-0.25, -0.2) is 4.98 Å². The molecule has 6 nitrogen and oxygen atoms in total. The number of hydrogen-bond acceptors (Lipinski definition) is 4. The number of nitrogens with one attached hydrogen (secondary N) is 1. The molecule has 0 aliphatic rings. The third-order valence-electron chi connectivity index (χ3n) is 3.01. The summed E-state index contributed by atoms with van der Waals surface area (Å²) in [7, 11) is 0. The number of rotatable bonds is 0. The molecule has 0 amide bonds. The van der Waals surface area contributed by atoms with Crippen LogP contribution in [0.2, 0.25) is 0 Å². The van der Waals surface area contributed by atoms with Gasteiger partial charge in [0, 0.05) is 11.6 Å². The highest BCUT2D eigenvalue weighted by Gasteiger charge is 2.10. The molecule has 0 fully saturated rings. The number of fused-ring (bicyclic) bond motifs is 4. The van der Waals surface area contributed by atoms with Crippen molar-refractivity contribution in [3.05, 3.63) is 46.9 Å². The van der Waals surface area contributed by atoms with Crippen LogP contribution in [0, 0.1) is 0 Å². The smallest absolute Gasteiger partial charge is 0.266 e. The standard InChI is InChI=1S/C12H7N5O/c18-12-9-10(15-16-14-9)13-11-8-4-2-1-3-7(8)5-6-17(11)12/h1-6H,(H,14,15,16). The zero-order valence-electron chi connectivity index (χ0n) is 9.16. The molecule has 4 aromatic rings. The highest BCUT2D eigenvalue weighted by molar-refractivity contribution is 5.95. The Morgan fingerprint density at radius 3 is 3.00 bits per heavy atom. The van der Waals surface area contributed by atoms with E-state index in [1.54, 1.807) is 6.20 Å². The highest BCUT2D eigenvalue weighted by atomic mass is 16.1. The van der Waals surface area contributed by atoms with Crippen LogP contribution >= 0.6 is 0 Å². The van der Waals surface area contributed by atoms with Gasteiger partial charge in [-0.15, -0.1) is 5.10 Å². The number of H-pyrrole nitrogens is 1. The molecule has 0 unspecified atom stereocenters. The summed E-state index contributed by atoms with van der Waals surface area (Å²) in [5.41, 5.74) is 1.07. The number of pyridine rings is 1. The van der Waals surface area contributed by atoms with Crippen LogP contribution in [-0.4, -0.2) is 24.8 Å². The number of hydrogen-bond donors (Lipinski definition) is 1. The van der Waals surface area contributed by atoms with Crippen LogP contribution in [0.3, 0.4) is 0 Å². The Labute approximate surface area is 99.9 Å². The molecule has 3 aromatic heterocycles. The molecule has 1 N–H and O–H groups in total. The number of benzene rings is 1. The molecule has 86 valence electrons. The minimum atomic E-state index is -0.189. The van der Waals surface area contributed by atoms with E-state index in [1.165, 1.54) is 4.40 Å². The summed E-state index contributed by atoms with van der Waals surface area (Å²) >= 11 is 0. The summed E-state index contributed by atoms with van der Waals surface area (Å²) in [6.07, 6.45) is 1.72. The van der Waals surface area contributed by atoms with Gasteiger partial charge in [-0.05, 0) is 11.5 Å². The fraction of sp³-hybridized carbons (Fsp3) is 0. The summed E-state index contributed by atoms with van der Waals surface area (Å²) in [4.78, 5) is 16.6. The van der Waals surface area contributed by atoms with Crippen molar-refractivity contribution in [3.63, 3.8) is 0 Å². The second-order valence-electron chi connectivity index (χ2n) is 4.02. The van der Waals surface area contributed by atoms with E-state index < -0.39 is 0 Å². The first-order valence-electron chi connectivity index (χ1n) is 5.45. The van der Waals surface area contributed by atoms with Crippen LogP contribution < -0.4 is 5.56 Å². The van der Waals surface area contributed by atoms with Crippen LogP contribution in [-0.2, 0) is 0 Å². The van der Waals surface area contributed by atoms with Crippen LogP contribution in [0.1, 0.15) is 0 Å². The topological polar surface area (TPSA) is 75.9 Å². The predicted molar refractivity (Wildman–Crippen MR) is 66.4 cm³/mol. The van der Waals surface area contributed by atoms with Crippen molar-refractivity contribution < 1.29 is 0 Å². The first-order valence-corrected chi connectivity index (χ1v) is 5.45. The maximum Gasteiger partial charge on any atom is 0.285 e. The molecule has 0 radical (unpaired) electrons. The number of nitrogens with zero attached hydrogens (tertiary/aromatic N) is 4. The molecule has 0 aliphatic carbocycles. The average molecular weight is 237 g/mol. The highest BCUT2D eigenvalue weighted by Crippen LogP contribution is 2.17. The Bertz CT molecular complexity index is 953. The molecule has 4 rings (SSSR count). The van der Waals surface area contributed by atoms with Gasteiger partial charge < -0.3 is 0 Å². The molecule has 3 heterocycles. The van der Waals surface area contributed by atoms with Gasteiger partial charge in [0.25, 0.3) is 5.56 Å². The molecular formula is C12H7N5O. The largest absolute Gasteiger partial charge is 0.285 e. The molecule has 0 atom stereocenters. The summed E-state index contributed by atoms with van der Waals surface area (Å²) in [5, 5.41) is 11.9. The Kier molecular flexibility index (Phi) is 1.62. The molecule has 0 saturated heterocycles. The predicted octanol–water partition coefficient (Wildman–Crippen LogP) is 1.12. The molecule has 6 heteroatoms. The van der Waals surface area contributed by atoms with Crippen LogP contribution in [0.5, 0.6) is 0 Å². The first kappa shape index (κ1) is 9.29. The second kappa shape index (κ2) is 3.13. The lowest BCUT2D eigenvalue weighted by atomic mass is 10.2. The van der Waals surface area contributed by atoms with E-state index in [0.717, 1.165) is 10.8 Å². The van der Waals surface area contributed by atoms with Gasteiger partial charge in [0.05, 0.1) is 0 Å². The van der Waals surface area contributed by atoms with E-state index in [4.69, 9.17) is 0 Å². The van der Waals surface area contributed by atoms with Gasteiger partial charge in [-0.2, -0.15) is 0 Å². The van der Waals surface area contributed by atoms with Crippen molar-refractivity contribution in [2.45, 2.75) is 0 Å². The van der Waals surface area contributed by atoms with E-state index in [1.807, 2.05) is 30.3 Å². The van der Waals surface area contributed by atoms with Crippen molar-refractivity contribution in [2.75, 3.05) is 0 Å². The van der Waals surface area contributed by atoms with Gasteiger partial charge in [0.15, 0.2) is 5.52 Å². The summed E-state index contributed by atoms with van der Waals surface area (Å²) < 4.78 is 1.50. The third-order valence-corrected chi connectivity index (χ3v) is 3.01. The SMILES string of the molecule is O=c1c2[nH]nnc2nc2c3ccccc3ccn12. The first-order chi connectivity index (χ1) is 8.84. The van der Waals surface area contributed by atoms with Crippen LogP contribution in [0.4, 0.5) is 0 Å². The van der Waals surface area contributed by atoms with Crippen molar-refractivity contribution in [3.8, 4) is 0 Å². The maximum atomic E-state index is 12.2. The lowest BCUT2D eigenvalue weighted by Crippen LogP contribution is -2.15. The zero-order valence-corrected chi connectivity index (χ0v) is 9.16. The lowest BCUT2D eigenvalue weighted by Gasteiger charge is -2.03. The molecular weight excluding hydrogens is 230 g/mol. The monoisotopic (exact) mass is 237 g/mol. The van der Waals surface area contributed by atoms with Gasteiger partial charge in [0.1, 0.15) is 5.65 Å². The fourth-order valence-electron chi connectivity index (χ4n) is 2.14. The van der Waals surface area contributed by atoms with E-state index in [2.05, 4.69) is 20.4 Å². The van der Waals surface area contributed by atoms with Gasteiger partial charge in [0.2, 0.25) is 5.65 Å². The summed E-state index contributed by atoms with van der Waals surface area (Å²) in [5.74, 6) is 0.